The van der Waals surface area contributed by atoms with Gasteiger partial charge < -0.3 is 15.1 Å². The maximum Gasteiger partial charge on any atom is 0.209 e. The van der Waals surface area contributed by atoms with Gasteiger partial charge in [-0.1, -0.05) is 42.5 Å². The number of nitrogens with zero attached hydrogens (tertiary/aromatic N) is 5. The van der Waals surface area contributed by atoms with Gasteiger partial charge in [0.05, 0.1) is 11.9 Å². The molecular weight excluding hydrogens is 460 g/mol. The number of allylic oxidation sites excluding steroid dienone is 2. The Labute approximate surface area is 214 Å². The minimum atomic E-state index is 0.672. The van der Waals surface area contributed by atoms with Crippen molar-refractivity contribution in [1.29, 1.82) is 0 Å². The lowest BCUT2D eigenvalue weighted by molar-refractivity contribution is -0.119. The van der Waals surface area contributed by atoms with E-state index in [4.69, 9.17) is 16.6 Å². The van der Waals surface area contributed by atoms with Crippen molar-refractivity contribution >= 4 is 36.5 Å². The molecule has 190 valence electrons. The Kier molecular flexibility index (Phi) is 12.5. The standard InChI is InChI=1S/C20H32N6O.C7H7Cl/c1-5-6-8-18-17(2)22-19(15-25-11-13-26(16-27)14-12-25)23-20(18)21-9-7-10-24(3)4;1-6-3-2-4-7(8)5-6/h5-6,8,16H,2,7,9-15H2,1,3-4H3,(H,21,22,23);2-5H,1H3/b6-5-,18-8+;. The molecule has 1 aliphatic rings. The topological polar surface area (TPSA) is 64.6 Å². The first-order valence-electron chi connectivity index (χ1n) is 12.0. The molecule has 2 aromatic rings. The monoisotopic (exact) mass is 498 g/mol. The van der Waals surface area contributed by atoms with Gasteiger partial charge in [-0.25, -0.2) is 9.97 Å². The van der Waals surface area contributed by atoms with Crippen molar-refractivity contribution in [3.8, 4) is 0 Å². The second-order valence-electron chi connectivity index (χ2n) is 8.84. The van der Waals surface area contributed by atoms with Gasteiger partial charge in [0.25, 0.3) is 0 Å². The molecule has 1 amide bonds. The summed E-state index contributed by atoms with van der Waals surface area (Å²) in [6.07, 6.45) is 7.93. The van der Waals surface area contributed by atoms with Gasteiger partial charge in [-0.3, -0.25) is 9.69 Å². The minimum Gasteiger partial charge on any atom is -0.369 e. The normalized spacial score (nSPS) is 14.8. The van der Waals surface area contributed by atoms with Crippen LogP contribution < -0.4 is 15.9 Å². The van der Waals surface area contributed by atoms with Crippen molar-refractivity contribution < 1.29 is 4.79 Å². The highest BCUT2D eigenvalue weighted by atomic mass is 35.5. The van der Waals surface area contributed by atoms with Crippen LogP contribution in [0.1, 0.15) is 24.7 Å². The molecule has 0 bridgehead atoms. The number of aromatic nitrogens is 2. The molecule has 1 fully saturated rings. The van der Waals surface area contributed by atoms with Gasteiger partial charge in [0.2, 0.25) is 6.41 Å². The molecule has 35 heavy (non-hydrogen) atoms. The highest BCUT2D eigenvalue weighted by molar-refractivity contribution is 6.30. The number of amides is 1. The van der Waals surface area contributed by atoms with Crippen molar-refractivity contribution in [2.24, 2.45) is 0 Å². The van der Waals surface area contributed by atoms with E-state index in [1.807, 2.05) is 56.3 Å². The first kappa shape index (κ1) is 28.5. The fourth-order valence-corrected chi connectivity index (χ4v) is 3.82. The van der Waals surface area contributed by atoms with Crippen molar-refractivity contribution in [3.05, 3.63) is 63.4 Å². The summed E-state index contributed by atoms with van der Waals surface area (Å²) in [7, 11) is 4.15. The van der Waals surface area contributed by atoms with Crippen LogP contribution in [0.15, 0.2) is 36.4 Å². The van der Waals surface area contributed by atoms with Gasteiger partial charge in [-0.15, -0.1) is 0 Å². The van der Waals surface area contributed by atoms with E-state index in [1.165, 1.54) is 5.56 Å². The first-order chi connectivity index (χ1) is 16.8. The predicted molar refractivity (Wildman–Crippen MR) is 147 cm³/mol. The molecule has 2 heterocycles. The number of rotatable bonds is 9. The molecule has 1 N–H and O–H groups in total. The third-order valence-electron chi connectivity index (χ3n) is 5.50. The first-order valence-corrected chi connectivity index (χ1v) is 12.4. The largest absolute Gasteiger partial charge is 0.369 e. The number of piperazine rings is 1. The molecule has 1 aromatic heterocycles. The zero-order valence-corrected chi connectivity index (χ0v) is 22.3. The molecular formula is C27H39ClN6O. The third kappa shape index (κ3) is 10.6. The lowest BCUT2D eigenvalue weighted by Crippen LogP contribution is -2.45. The minimum absolute atomic E-state index is 0.672. The number of halogens is 1. The molecule has 3 rings (SSSR count). The maximum absolute atomic E-state index is 10.9. The van der Waals surface area contributed by atoms with Crippen LogP contribution in [0.2, 0.25) is 5.02 Å². The van der Waals surface area contributed by atoms with Crippen molar-refractivity contribution in [1.82, 2.24) is 24.7 Å². The van der Waals surface area contributed by atoms with Crippen LogP contribution in [0, 0.1) is 6.92 Å². The Bertz CT molecular complexity index is 1050. The maximum atomic E-state index is 10.9. The summed E-state index contributed by atoms with van der Waals surface area (Å²) >= 11 is 5.64. The fourth-order valence-electron chi connectivity index (χ4n) is 3.57. The highest BCUT2D eigenvalue weighted by Crippen LogP contribution is 2.08. The Morgan fingerprint density at radius 2 is 1.94 bits per heavy atom. The summed E-state index contributed by atoms with van der Waals surface area (Å²) in [4.78, 5) is 26.5. The van der Waals surface area contributed by atoms with Crippen molar-refractivity contribution in [3.63, 3.8) is 0 Å². The van der Waals surface area contributed by atoms with Crippen LogP contribution in [0.5, 0.6) is 0 Å². The molecule has 7 nitrogen and oxygen atoms in total. The smallest absolute Gasteiger partial charge is 0.209 e. The molecule has 0 saturated carbocycles. The molecule has 1 saturated heterocycles. The Hall–Kier alpha value is -2.74. The summed E-state index contributed by atoms with van der Waals surface area (Å²) < 4.78 is 0. The zero-order chi connectivity index (χ0) is 25.6. The number of carbonyl (C=O) groups excluding carboxylic acids is 1. The summed E-state index contributed by atoms with van der Waals surface area (Å²) in [5, 5.41) is 5.94. The second-order valence-corrected chi connectivity index (χ2v) is 9.28. The van der Waals surface area contributed by atoms with Crippen LogP contribution in [-0.2, 0) is 11.3 Å². The summed E-state index contributed by atoms with van der Waals surface area (Å²) in [6.45, 7) is 13.9. The van der Waals surface area contributed by atoms with E-state index in [0.29, 0.717) is 6.54 Å². The number of anilines is 1. The van der Waals surface area contributed by atoms with Crippen LogP contribution in [0.25, 0.3) is 12.7 Å². The molecule has 0 spiro atoms. The SMILES string of the molecule is C=c1nc(CN2CCN(C=O)CC2)nc(NCCCN(C)C)/c1=C/C=C\C.Cc1cccc(Cl)c1. The van der Waals surface area contributed by atoms with E-state index in [1.54, 1.807) is 4.90 Å². The highest BCUT2D eigenvalue weighted by Gasteiger charge is 2.17. The van der Waals surface area contributed by atoms with Crippen LogP contribution in [0.4, 0.5) is 5.82 Å². The van der Waals surface area contributed by atoms with Gasteiger partial charge in [0.15, 0.2) is 0 Å². The molecule has 0 atom stereocenters. The van der Waals surface area contributed by atoms with E-state index in [9.17, 15) is 4.79 Å². The second kappa shape index (κ2) is 15.3. The van der Waals surface area contributed by atoms with Gasteiger partial charge in [-0.05, 0) is 64.7 Å². The Balaban J connectivity index is 0.000000456. The molecule has 8 heteroatoms. The number of aryl methyl sites for hydroxylation is 1. The van der Waals surface area contributed by atoms with Crippen LogP contribution in [-0.4, -0.2) is 84.4 Å². The van der Waals surface area contributed by atoms with Gasteiger partial charge >= 0.3 is 0 Å². The number of hydrogen-bond acceptors (Lipinski definition) is 6. The number of benzene rings is 1. The van der Waals surface area contributed by atoms with E-state index in [0.717, 1.165) is 79.3 Å². The van der Waals surface area contributed by atoms with E-state index >= 15 is 0 Å². The number of nitrogens with one attached hydrogen (secondary N) is 1. The number of carbonyl (C=O) groups is 1. The van der Waals surface area contributed by atoms with E-state index < -0.39 is 0 Å². The summed E-state index contributed by atoms with van der Waals surface area (Å²) in [5.41, 5.74) is 1.21. The van der Waals surface area contributed by atoms with Crippen molar-refractivity contribution in [2.45, 2.75) is 26.8 Å². The van der Waals surface area contributed by atoms with Gasteiger partial charge in [0, 0.05) is 43.0 Å². The third-order valence-corrected chi connectivity index (χ3v) is 5.74. The molecule has 1 aliphatic heterocycles. The molecule has 0 aliphatic carbocycles. The summed E-state index contributed by atoms with van der Waals surface area (Å²) in [5.74, 6) is 1.61. The van der Waals surface area contributed by atoms with Gasteiger partial charge in [-0.2, -0.15) is 0 Å². The molecule has 0 unspecified atom stereocenters. The van der Waals surface area contributed by atoms with Crippen molar-refractivity contribution in [2.75, 3.05) is 58.7 Å². The molecule has 0 radical (unpaired) electrons. The van der Waals surface area contributed by atoms with Gasteiger partial charge in [0.1, 0.15) is 11.6 Å². The van der Waals surface area contributed by atoms with E-state index in [-0.39, 0.29) is 0 Å². The lowest BCUT2D eigenvalue weighted by atomic mass is 10.2. The summed E-state index contributed by atoms with van der Waals surface area (Å²) in [6, 6.07) is 7.76. The van der Waals surface area contributed by atoms with Crippen LogP contribution in [0.3, 0.4) is 0 Å². The number of hydrogen-bond donors (Lipinski definition) is 1. The molecule has 1 aromatic carbocycles. The predicted octanol–water partition coefficient (Wildman–Crippen LogP) is 2.53. The zero-order valence-electron chi connectivity index (χ0n) is 21.5. The van der Waals surface area contributed by atoms with E-state index in [2.05, 4.69) is 40.8 Å². The fraction of sp³-hybridized carbons (Fsp3) is 0.444. The Morgan fingerprint density at radius 1 is 1.20 bits per heavy atom. The Morgan fingerprint density at radius 3 is 2.51 bits per heavy atom. The average Bonchev–Trinajstić information content (AvgIpc) is 2.82. The quantitative estimate of drug-likeness (QED) is 0.423. The lowest BCUT2D eigenvalue weighted by Gasteiger charge is -2.31. The van der Waals surface area contributed by atoms with Crippen LogP contribution >= 0.6 is 11.6 Å². The average molecular weight is 499 g/mol.